The molecule has 8 heteroatoms. The highest BCUT2D eigenvalue weighted by molar-refractivity contribution is 5.82. The lowest BCUT2D eigenvalue weighted by Crippen LogP contribution is -2.34. The van der Waals surface area contributed by atoms with E-state index in [1.54, 1.807) is 35.6 Å². The van der Waals surface area contributed by atoms with Crippen LogP contribution in [0.5, 0.6) is 0 Å². The van der Waals surface area contributed by atoms with Gasteiger partial charge in [-0.05, 0) is 31.2 Å². The molecule has 25 heavy (non-hydrogen) atoms. The molecular formula is C17H15N5O3. The molecule has 126 valence electrons. The van der Waals surface area contributed by atoms with Crippen LogP contribution in [0.15, 0.2) is 57.9 Å². The van der Waals surface area contributed by atoms with Crippen molar-refractivity contribution in [1.29, 1.82) is 0 Å². The number of amides is 1. The fraction of sp³-hybridized carbons (Fsp3) is 0.176. The standard InChI is InChI=1S/C17H15N5O3/c1-11(22-12-6-2-3-7-13(12)25-17(22)24)16(23)18-10-15-20-19-14-8-4-5-9-21(14)15/h2-9,11H,10H2,1H3,(H,18,23). The molecule has 0 bridgehead atoms. The van der Waals surface area contributed by atoms with Gasteiger partial charge in [-0.15, -0.1) is 10.2 Å². The van der Waals surface area contributed by atoms with Crippen LogP contribution in [0, 0.1) is 0 Å². The molecule has 3 aromatic heterocycles. The quantitative estimate of drug-likeness (QED) is 0.609. The molecule has 0 aliphatic rings. The predicted octanol–water partition coefficient (Wildman–Crippen LogP) is 1.51. The molecule has 0 radical (unpaired) electrons. The molecule has 4 rings (SSSR count). The van der Waals surface area contributed by atoms with Crippen LogP contribution < -0.4 is 11.1 Å². The Balaban J connectivity index is 1.56. The first-order valence-electron chi connectivity index (χ1n) is 7.81. The number of rotatable bonds is 4. The monoisotopic (exact) mass is 337 g/mol. The number of benzene rings is 1. The Morgan fingerprint density at radius 2 is 2.00 bits per heavy atom. The molecule has 0 fully saturated rings. The van der Waals surface area contributed by atoms with E-state index in [0.717, 1.165) is 0 Å². The van der Waals surface area contributed by atoms with Crippen LogP contribution in [0.2, 0.25) is 0 Å². The van der Waals surface area contributed by atoms with E-state index in [-0.39, 0.29) is 12.5 Å². The highest BCUT2D eigenvalue weighted by atomic mass is 16.4. The predicted molar refractivity (Wildman–Crippen MR) is 90.0 cm³/mol. The lowest BCUT2D eigenvalue weighted by atomic mass is 10.2. The van der Waals surface area contributed by atoms with E-state index in [9.17, 15) is 9.59 Å². The number of carbonyl (C=O) groups excluding carboxylic acids is 1. The van der Waals surface area contributed by atoms with E-state index in [4.69, 9.17) is 4.42 Å². The van der Waals surface area contributed by atoms with Gasteiger partial charge in [0, 0.05) is 6.20 Å². The van der Waals surface area contributed by atoms with Gasteiger partial charge in [0.2, 0.25) is 5.91 Å². The lowest BCUT2D eigenvalue weighted by molar-refractivity contribution is -0.124. The molecule has 0 saturated heterocycles. The van der Waals surface area contributed by atoms with Gasteiger partial charge in [-0.1, -0.05) is 18.2 Å². The van der Waals surface area contributed by atoms with Crippen molar-refractivity contribution >= 4 is 22.7 Å². The van der Waals surface area contributed by atoms with Crippen LogP contribution >= 0.6 is 0 Å². The third kappa shape index (κ3) is 2.57. The van der Waals surface area contributed by atoms with Gasteiger partial charge in [0.05, 0.1) is 12.1 Å². The number of pyridine rings is 1. The molecule has 3 heterocycles. The summed E-state index contributed by atoms with van der Waals surface area (Å²) in [5.74, 6) is -0.251. The number of para-hydroxylation sites is 2. The van der Waals surface area contributed by atoms with E-state index >= 15 is 0 Å². The molecular weight excluding hydrogens is 322 g/mol. The zero-order valence-electron chi connectivity index (χ0n) is 13.4. The number of aromatic nitrogens is 4. The summed E-state index contributed by atoms with van der Waals surface area (Å²) in [5.41, 5.74) is 1.75. The van der Waals surface area contributed by atoms with Crippen LogP contribution in [0.3, 0.4) is 0 Å². The third-order valence-corrected chi connectivity index (χ3v) is 4.09. The Kier molecular flexibility index (Phi) is 3.57. The summed E-state index contributed by atoms with van der Waals surface area (Å²) in [4.78, 5) is 24.6. The molecule has 1 unspecified atom stereocenters. The van der Waals surface area contributed by atoms with Crippen molar-refractivity contribution < 1.29 is 9.21 Å². The molecule has 0 aliphatic carbocycles. The summed E-state index contributed by atoms with van der Waals surface area (Å²) in [6, 6.07) is 11.9. The van der Waals surface area contributed by atoms with Crippen LogP contribution in [0.25, 0.3) is 16.7 Å². The SMILES string of the molecule is CC(C(=O)NCc1nnc2ccccn12)n1c(=O)oc2ccccc21. The van der Waals surface area contributed by atoms with Gasteiger partial charge in [-0.3, -0.25) is 13.8 Å². The van der Waals surface area contributed by atoms with Gasteiger partial charge in [-0.2, -0.15) is 0 Å². The number of nitrogens with one attached hydrogen (secondary N) is 1. The van der Waals surface area contributed by atoms with Crippen molar-refractivity contribution in [2.45, 2.75) is 19.5 Å². The fourth-order valence-corrected chi connectivity index (χ4v) is 2.79. The summed E-state index contributed by atoms with van der Waals surface area (Å²) in [6.07, 6.45) is 1.83. The Hall–Kier alpha value is -3.42. The van der Waals surface area contributed by atoms with Gasteiger partial charge in [-0.25, -0.2) is 4.79 Å². The smallest absolute Gasteiger partial charge is 0.408 e. The van der Waals surface area contributed by atoms with Crippen molar-refractivity contribution in [3.63, 3.8) is 0 Å². The zero-order chi connectivity index (χ0) is 17.4. The first-order chi connectivity index (χ1) is 12.1. The Bertz CT molecular complexity index is 1120. The Morgan fingerprint density at radius 3 is 2.88 bits per heavy atom. The van der Waals surface area contributed by atoms with E-state index in [2.05, 4.69) is 15.5 Å². The molecule has 4 aromatic rings. The fourth-order valence-electron chi connectivity index (χ4n) is 2.79. The Morgan fingerprint density at radius 1 is 1.20 bits per heavy atom. The number of oxazole rings is 1. The lowest BCUT2D eigenvalue weighted by Gasteiger charge is -2.12. The maximum Gasteiger partial charge on any atom is 0.420 e. The number of nitrogens with zero attached hydrogens (tertiary/aromatic N) is 4. The summed E-state index contributed by atoms with van der Waals surface area (Å²) >= 11 is 0. The molecule has 0 spiro atoms. The van der Waals surface area contributed by atoms with Crippen LogP contribution in [-0.4, -0.2) is 25.1 Å². The highest BCUT2D eigenvalue weighted by Gasteiger charge is 2.21. The molecule has 8 nitrogen and oxygen atoms in total. The average Bonchev–Trinajstić information content (AvgIpc) is 3.19. The molecule has 0 saturated carbocycles. The maximum atomic E-state index is 12.5. The van der Waals surface area contributed by atoms with Gasteiger partial charge in [0.25, 0.3) is 0 Å². The molecule has 1 atom stereocenters. The number of fused-ring (bicyclic) bond motifs is 2. The van der Waals surface area contributed by atoms with E-state index in [1.807, 2.05) is 24.4 Å². The van der Waals surface area contributed by atoms with Gasteiger partial charge in [0.1, 0.15) is 6.04 Å². The van der Waals surface area contributed by atoms with Crippen molar-refractivity contribution in [1.82, 2.24) is 24.5 Å². The molecule has 1 amide bonds. The normalized spacial score (nSPS) is 12.5. The summed E-state index contributed by atoms with van der Waals surface area (Å²) < 4.78 is 8.32. The molecule has 1 N–H and O–H groups in total. The second-order valence-corrected chi connectivity index (χ2v) is 5.64. The summed E-state index contributed by atoms with van der Waals surface area (Å²) in [6.45, 7) is 1.86. The number of carbonyl (C=O) groups is 1. The van der Waals surface area contributed by atoms with E-state index in [0.29, 0.717) is 22.6 Å². The second-order valence-electron chi connectivity index (χ2n) is 5.64. The van der Waals surface area contributed by atoms with E-state index < -0.39 is 11.8 Å². The van der Waals surface area contributed by atoms with Crippen LogP contribution in [0.1, 0.15) is 18.8 Å². The van der Waals surface area contributed by atoms with Crippen molar-refractivity contribution in [2.24, 2.45) is 0 Å². The minimum absolute atomic E-state index is 0.207. The molecule has 1 aromatic carbocycles. The van der Waals surface area contributed by atoms with Gasteiger partial charge < -0.3 is 9.73 Å². The second kappa shape index (κ2) is 5.90. The van der Waals surface area contributed by atoms with E-state index in [1.165, 1.54) is 4.57 Å². The van der Waals surface area contributed by atoms with Crippen molar-refractivity contribution in [3.8, 4) is 0 Å². The summed E-state index contributed by atoms with van der Waals surface area (Å²) in [5, 5.41) is 10.9. The number of hydrogen-bond donors (Lipinski definition) is 1. The average molecular weight is 337 g/mol. The van der Waals surface area contributed by atoms with Crippen LogP contribution in [0.4, 0.5) is 0 Å². The maximum absolute atomic E-state index is 12.5. The highest BCUT2D eigenvalue weighted by Crippen LogP contribution is 2.16. The van der Waals surface area contributed by atoms with Crippen LogP contribution in [-0.2, 0) is 11.3 Å². The largest absolute Gasteiger partial charge is 0.420 e. The topological polar surface area (TPSA) is 94.4 Å². The minimum Gasteiger partial charge on any atom is -0.408 e. The zero-order valence-corrected chi connectivity index (χ0v) is 13.4. The number of hydrogen-bond acceptors (Lipinski definition) is 5. The van der Waals surface area contributed by atoms with Crippen molar-refractivity contribution in [2.75, 3.05) is 0 Å². The third-order valence-electron chi connectivity index (χ3n) is 4.09. The first-order valence-corrected chi connectivity index (χ1v) is 7.81. The summed E-state index contributed by atoms with van der Waals surface area (Å²) in [7, 11) is 0. The molecule has 0 aliphatic heterocycles. The minimum atomic E-state index is -0.713. The Labute approximate surface area is 141 Å². The van der Waals surface area contributed by atoms with Gasteiger partial charge in [0.15, 0.2) is 17.1 Å². The first kappa shape index (κ1) is 15.1. The van der Waals surface area contributed by atoms with Crippen molar-refractivity contribution in [3.05, 3.63) is 65.0 Å². The van der Waals surface area contributed by atoms with Gasteiger partial charge >= 0.3 is 5.76 Å².